The van der Waals surface area contributed by atoms with Crippen LogP contribution in [0.4, 0.5) is 29.9 Å². The van der Waals surface area contributed by atoms with Crippen LogP contribution in [-0.2, 0) is 4.74 Å². The number of benzene rings is 2. The number of amides is 3. The molecule has 0 saturated carbocycles. The Balaban J connectivity index is 1.26. The van der Waals surface area contributed by atoms with E-state index in [4.69, 9.17) is 14.2 Å². The molecule has 1 saturated heterocycles. The number of carbonyl (C=O) groups excluding carboxylic acids is 2. The van der Waals surface area contributed by atoms with Gasteiger partial charge in [0.05, 0.1) is 19.2 Å². The predicted octanol–water partition coefficient (Wildman–Crippen LogP) is 5.57. The van der Waals surface area contributed by atoms with E-state index in [0.717, 1.165) is 51.0 Å². The third-order valence-electron chi connectivity index (χ3n) is 6.87. The van der Waals surface area contributed by atoms with Gasteiger partial charge in [0.2, 0.25) is 0 Å². The maximum atomic E-state index is 13.9. The van der Waals surface area contributed by atoms with Crippen molar-refractivity contribution >= 4 is 34.5 Å². The third-order valence-corrected chi connectivity index (χ3v) is 6.87. The molecule has 1 aliphatic rings. The van der Waals surface area contributed by atoms with Crippen molar-refractivity contribution in [3.63, 3.8) is 0 Å². The van der Waals surface area contributed by atoms with Gasteiger partial charge in [-0.1, -0.05) is 6.07 Å². The highest BCUT2D eigenvalue weighted by atomic mass is 19.1. The lowest BCUT2D eigenvalue weighted by Gasteiger charge is -2.32. The van der Waals surface area contributed by atoms with Gasteiger partial charge in [0, 0.05) is 24.5 Å². The number of anilines is 2. The minimum absolute atomic E-state index is 0.133. The molecule has 4 rings (SSSR count). The second-order valence-electron chi connectivity index (χ2n) is 11.3. The van der Waals surface area contributed by atoms with E-state index >= 15 is 0 Å². The van der Waals surface area contributed by atoms with Crippen molar-refractivity contribution in [3.8, 4) is 11.5 Å². The van der Waals surface area contributed by atoms with E-state index in [1.165, 1.54) is 19.5 Å². The van der Waals surface area contributed by atoms with E-state index in [9.17, 15) is 18.4 Å². The monoisotopic (exact) mass is 600 g/mol. The largest absolute Gasteiger partial charge is 0.493 e. The highest BCUT2D eigenvalue weighted by molar-refractivity contribution is 6.04. The van der Waals surface area contributed by atoms with Gasteiger partial charge in [-0.3, -0.25) is 5.32 Å². The number of likely N-dealkylation sites (tertiary alicyclic amines) is 1. The Morgan fingerprint density at radius 2 is 1.77 bits per heavy atom. The molecule has 13 heteroatoms. The minimum Gasteiger partial charge on any atom is -0.493 e. The Morgan fingerprint density at radius 3 is 2.44 bits per heavy atom. The van der Waals surface area contributed by atoms with Crippen LogP contribution in [0.3, 0.4) is 0 Å². The SMILES string of the molecule is COc1cc2c(NC(=O)Nc3c(F)cccc3F)ncnc2cc1OCCCN1CCC(CNC(=O)OC(C)(C)C)CC1. The van der Waals surface area contributed by atoms with Crippen LogP contribution < -0.4 is 25.4 Å². The molecule has 0 atom stereocenters. The summed E-state index contributed by atoms with van der Waals surface area (Å²) in [6.07, 6.45) is 3.68. The van der Waals surface area contributed by atoms with Crippen molar-refractivity contribution in [1.29, 1.82) is 0 Å². The van der Waals surface area contributed by atoms with Crippen LogP contribution in [0.15, 0.2) is 36.7 Å². The Morgan fingerprint density at radius 1 is 1.05 bits per heavy atom. The Kier molecular flexibility index (Phi) is 10.5. The van der Waals surface area contributed by atoms with E-state index in [1.807, 2.05) is 20.8 Å². The first-order valence-electron chi connectivity index (χ1n) is 14.2. The van der Waals surface area contributed by atoms with Gasteiger partial charge in [0.25, 0.3) is 0 Å². The highest BCUT2D eigenvalue weighted by Crippen LogP contribution is 2.34. The molecule has 0 bridgehead atoms. The summed E-state index contributed by atoms with van der Waals surface area (Å²) in [7, 11) is 1.50. The normalized spacial score (nSPS) is 14.3. The summed E-state index contributed by atoms with van der Waals surface area (Å²) in [5.74, 6) is -0.330. The van der Waals surface area contributed by atoms with Crippen LogP contribution in [0.1, 0.15) is 40.0 Å². The fourth-order valence-corrected chi connectivity index (χ4v) is 4.73. The molecule has 11 nitrogen and oxygen atoms in total. The fraction of sp³-hybridized carbons (Fsp3) is 0.467. The fourth-order valence-electron chi connectivity index (χ4n) is 4.73. The molecular formula is C30H38F2N6O5. The Labute approximate surface area is 249 Å². The summed E-state index contributed by atoms with van der Waals surface area (Å²) in [6, 6.07) is 5.75. The van der Waals surface area contributed by atoms with Crippen molar-refractivity contribution in [1.82, 2.24) is 20.2 Å². The number of alkyl carbamates (subject to hydrolysis) is 1. The van der Waals surface area contributed by atoms with E-state index in [1.54, 1.807) is 12.1 Å². The summed E-state index contributed by atoms with van der Waals surface area (Å²) in [4.78, 5) is 35.1. The van der Waals surface area contributed by atoms with Crippen molar-refractivity contribution < 1.29 is 32.6 Å². The number of rotatable bonds is 10. The zero-order chi connectivity index (χ0) is 31.0. The number of fused-ring (bicyclic) bond motifs is 1. The molecule has 1 aliphatic heterocycles. The van der Waals surface area contributed by atoms with E-state index in [2.05, 4.69) is 30.8 Å². The van der Waals surface area contributed by atoms with E-state index in [-0.39, 0.29) is 11.9 Å². The van der Waals surface area contributed by atoms with Crippen LogP contribution in [0.25, 0.3) is 10.9 Å². The predicted molar refractivity (Wildman–Crippen MR) is 159 cm³/mol. The van der Waals surface area contributed by atoms with Gasteiger partial charge in [-0.25, -0.2) is 28.3 Å². The first kappa shape index (κ1) is 31.7. The average Bonchev–Trinajstić information content (AvgIpc) is 2.95. The number of halogens is 2. The third kappa shape index (κ3) is 9.11. The molecule has 0 radical (unpaired) electrons. The maximum Gasteiger partial charge on any atom is 0.407 e. The molecule has 1 fully saturated rings. The van der Waals surface area contributed by atoms with Crippen LogP contribution >= 0.6 is 0 Å². The number of urea groups is 1. The molecule has 2 aromatic carbocycles. The van der Waals surface area contributed by atoms with E-state index < -0.39 is 29.0 Å². The summed E-state index contributed by atoms with van der Waals surface area (Å²) >= 11 is 0. The molecule has 2 heterocycles. The number of hydrogen-bond donors (Lipinski definition) is 3. The zero-order valence-electron chi connectivity index (χ0n) is 24.8. The molecule has 3 aromatic rings. The first-order valence-corrected chi connectivity index (χ1v) is 14.2. The van der Waals surface area contributed by atoms with Crippen molar-refractivity contribution in [2.45, 2.75) is 45.6 Å². The van der Waals surface area contributed by atoms with E-state index in [0.29, 0.717) is 41.5 Å². The second-order valence-corrected chi connectivity index (χ2v) is 11.3. The lowest BCUT2D eigenvalue weighted by atomic mass is 9.97. The van der Waals surface area contributed by atoms with Gasteiger partial charge in [-0.15, -0.1) is 0 Å². The summed E-state index contributed by atoms with van der Waals surface area (Å²) < 4.78 is 44.7. The number of hydrogen-bond acceptors (Lipinski definition) is 8. The molecule has 3 amide bonds. The minimum atomic E-state index is -0.900. The van der Waals surface area contributed by atoms with Crippen molar-refractivity contribution in [2.75, 3.05) is 50.5 Å². The highest BCUT2D eigenvalue weighted by Gasteiger charge is 2.22. The van der Waals surface area contributed by atoms with Crippen LogP contribution in [-0.4, -0.2) is 72.5 Å². The topological polar surface area (TPSA) is 127 Å². The van der Waals surface area contributed by atoms with Crippen LogP contribution in [0.2, 0.25) is 0 Å². The zero-order valence-corrected chi connectivity index (χ0v) is 24.8. The van der Waals surface area contributed by atoms with Crippen LogP contribution in [0.5, 0.6) is 11.5 Å². The molecule has 0 spiro atoms. The molecule has 0 unspecified atom stereocenters. The molecule has 232 valence electrons. The molecule has 0 aliphatic carbocycles. The van der Waals surface area contributed by atoms with Gasteiger partial charge >= 0.3 is 12.1 Å². The number of nitrogens with zero attached hydrogens (tertiary/aromatic N) is 3. The summed E-state index contributed by atoms with van der Waals surface area (Å²) in [6.45, 7) is 9.37. The van der Waals surface area contributed by atoms with Gasteiger partial charge in [0.15, 0.2) is 11.5 Å². The number of piperidine rings is 1. The molecular weight excluding hydrogens is 562 g/mol. The molecule has 3 N–H and O–H groups in total. The van der Waals surface area contributed by atoms with Gasteiger partial charge in [0.1, 0.15) is 35.1 Å². The van der Waals surface area contributed by atoms with Crippen LogP contribution in [0, 0.1) is 17.6 Å². The lowest BCUT2D eigenvalue weighted by molar-refractivity contribution is 0.0509. The Hall–Kier alpha value is -4.26. The first-order chi connectivity index (χ1) is 20.5. The lowest BCUT2D eigenvalue weighted by Crippen LogP contribution is -2.40. The van der Waals surface area contributed by atoms with Gasteiger partial charge < -0.3 is 29.7 Å². The summed E-state index contributed by atoms with van der Waals surface area (Å²) in [5.41, 5.74) is -0.585. The quantitative estimate of drug-likeness (QED) is 0.258. The average molecular weight is 601 g/mol. The number of carbonyl (C=O) groups is 2. The standard InChI is InChI=1S/C30H38F2N6O5/c1-30(2,3)43-29(40)33-17-19-9-12-38(13-10-19)11-6-14-42-25-16-23-20(15-24(25)41-4)27(35-18-34-23)37-28(39)36-26-21(31)7-5-8-22(26)32/h5,7-8,15-16,18-19H,6,9-14,17H2,1-4H3,(H,33,40)(H2,34,35,36,37,39). The number of nitrogens with one attached hydrogen (secondary N) is 3. The molecule has 43 heavy (non-hydrogen) atoms. The van der Waals surface area contributed by atoms with Gasteiger partial charge in [-0.05, 0) is 77.2 Å². The maximum absolute atomic E-state index is 13.9. The smallest absolute Gasteiger partial charge is 0.407 e. The van der Waals surface area contributed by atoms with Crippen molar-refractivity contribution in [3.05, 3.63) is 48.3 Å². The molecule has 1 aromatic heterocycles. The Bertz CT molecular complexity index is 1410. The number of para-hydroxylation sites is 1. The van der Waals surface area contributed by atoms with Gasteiger partial charge in [-0.2, -0.15) is 0 Å². The number of methoxy groups -OCH3 is 1. The summed E-state index contributed by atoms with van der Waals surface area (Å²) in [5, 5.41) is 8.01. The number of ether oxygens (including phenoxy) is 3. The second kappa shape index (κ2) is 14.3. The van der Waals surface area contributed by atoms with Crippen molar-refractivity contribution in [2.24, 2.45) is 5.92 Å². The number of aromatic nitrogens is 2.